The summed E-state index contributed by atoms with van der Waals surface area (Å²) in [5, 5.41) is 12.2. The second-order valence-electron chi connectivity index (χ2n) is 4.28. The van der Waals surface area contributed by atoms with Crippen LogP contribution in [0.15, 0.2) is 24.3 Å². The molecule has 1 rings (SSSR count). The lowest BCUT2D eigenvalue weighted by atomic mass is 10.0. The molecule has 0 aromatic heterocycles. The van der Waals surface area contributed by atoms with Crippen molar-refractivity contribution in [2.45, 2.75) is 32.4 Å². The highest BCUT2D eigenvalue weighted by Gasteiger charge is 2.14. The molecular weight excluding hydrogens is 230 g/mol. The van der Waals surface area contributed by atoms with Gasteiger partial charge in [0.15, 0.2) is 0 Å². The maximum absolute atomic E-state index is 10.9. The zero-order valence-corrected chi connectivity index (χ0v) is 11.0. The highest BCUT2D eigenvalue weighted by molar-refractivity contribution is 5.67. The van der Waals surface area contributed by atoms with Crippen LogP contribution in [0.3, 0.4) is 0 Å². The fourth-order valence-corrected chi connectivity index (χ4v) is 1.81. The minimum absolute atomic E-state index is 0.101. The summed E-state index contributed by atoms with van der Waals surface area (Å²) >= 11 is 0. The molecular formula is C14H21NO3. The van der Waals surface area contributed by atoms with Crippen molar-refractivity contribution in [3.05, 3.63) is 35.4 Å². The molecule has 0 amide bonds. The predicted molar refractivity (Wildman–Crippen MR) is 70.4 cm³/mol. The van der Waals surface area contributed by atoms with E-state index >= 15 is 0 Å². The first kappa shape index (κ1) is 14.7. The number of nitrogens with one attached hydrogen (secondary N) is 1. The van der Waals surface area contributed by atoms with Crippen LogP contribution in [0.4, 0.5) is 0 Å². The van der Waals surface area contributed by atoms with Crippen molar-refractivity contribution in [3.8, 4) is 0 Å². The van der Waals surface area contributed by atoms with Crippen molar-refractivity contribution in [1.82, 2.24) is 5.32 Å². The van der Waals surface area contributed by atoms with E-state index < -0.39 is 5.97 Å². The van der Waals surface area contributed by atoms with E-state index in [9.17, 15) is 4.79 Å². The second-order valence-corrected chi connectivity index (χ2v) is 4.28. The Morgan fingerprint density at radius 1 is 1.39 bits per heavy atom. The number of ether oxygens (including phenoxy) is 1. The van der Waals surface area contributed by atoms with E-state index in [0.717, 1.165) is 24.1 Å². The van der Waals surface area contributed by atoms with Gasteiger partial charge in [0.05, 0.1) is 13.0 Å². The van der Waals surface area contributed by atoms with E-state index in [1.165, 1.54) is 0 Å². The monoisotopic (exact) mass is 251 g/mol. The van der Waals surface area contributed by atoms with Crippen molar-refractivity contribution in [1.29, 1.82) is 0 Å². The summed E-state index contributed by atoms with van der Waals surface area (Å²) in [5.74, 6) is -0.787. The van der Waals surface area contributed by atoms with Crippen LogP contribution < -0.4 is 5.32 Å². The van der Waals surface area contributed by atoms with Crippen LogP contribution in [0.1, 0.15) is 36.9 Å². The minimum Gasteiger partial charge on any atom is -0.481 e. The molecule has 0 radical (unpaired) electrons. The summed E-state index contributed by atoms with van der Waals surface area (Å²) < 4.78 is 5.05. The number of benzene rings is 1. The third-order valence-corrected chi connectivity index (χ3v) is 2.71. The van der Waals surface area contributed by atoms with Crippen LogP contribution in [-0.4, -0.2) is 24.7 Å². The average molecular weight is 251 g/mol. The Labute approximate surface area is 108 Å². The van der Waals surface area contributed by atoms with E-state index in [-0.39, 0.29) is 12.5 Å². The lowest BCUT2D eigenvalue weighted by Crippen LogP contribution is -2.24. The van der Waals surface area contributed by atoms with Gasteiger partial charge in [0, 0.05) is 13.2 Å². The zero-order chi connectivity index (χ0) is 13.4. The number of hydrogen-bond acceptors (Lipinski definition) is 3. The van der Waals surface area contributed by atoms with Crippen molar-refractivity contribution in [2.75, 3.05) is 13.7 Å². The molecule has 0 saturated heterocycles. The molecule has 0 heterocycles. The van der Waals surface area contributed by atoms with Gasteiger partial charge >= 0.3 is 5.97 Å². The molecule has 0 bridgehead atoms. The molecule has 0 aliphatic carbocycles. The zero-order valence-electron chi connectivity index (χ0n) is 11.0. The minimum atomic E-state index is -0.787. The van der Waals surface area contributed by atoms with E-state index in [2.05, 4.69) is 12.2 Å². The van der Waals surface area contributed by atoms with Gasteiger partial charge in [0.1, 0.15) is 0 Å². The third kappa shape index (κ3) is 4.85. The Morgan fingerprint density at radius 2 is 2.06 bits per heavy atom. The van der Waals surface area contributed by atoms with Gasteiger partial charge in [-0.15, -0.1) is 0 Å². The maximum Gasteiger partial charge on any atom is 0.305 e. The van der Waals surface area contributed by atoms with E-state index in [1.54, 1.807) is 7.11 Å². The highest BCUT2D eigenvalue weighted by Crippen LogP contribution is 2.18. The van der Waals surface area contributed by atoms with Gasteiger partial charge < -0.3 is 15.2 Å². The molecule has 0 aliphatic heterocycles. The molecule has 1 aromatic rings. The van der Waals surface area contributed by atoms with Gasteiger partial charge in [-0.2, -0.15) is 0 Å². The molecule has 0 saturated carbocycles. The Kier molecular flexibility index (Phi) is 6.39. The number of carboxylic acid groups (broad SMARTS) is 1. The van der Waals surface area contributed by atoms with Crippen molar-refractivity contribution >= 4 is 5.97 Å². The van der Waals surface area contributed by atoms with Crippen LogP contribution in [0.5, 0.6) is 0 Å². The van der Waals surface area contributed by atoms with Crippen LogP contribution >= 0.6 is 0 Å². The van der Waals surface area contributed by atoms with Crippen molar-refractivity contribution in [3.63, 3.8) is 0 Å². The average Bonchev–Trinajstić information content (AvgIpc) is 2.35. The molecule has 1 aromatic carbocycles. The largest absolute Gasteiger partial charge is 0.481 e. The topological polar surface area (TPSA) is 58.6 Å². The number of carbonyl (C=O) groups is 1. The van der Waals surface area contributed by atoms with E-state index in [1.807, 2.05) is 24.3 Å². The number of aliphatic carboxylic acids is 1. The van der Waals surface area contributed by atoms with Crippen LogP contribution in [-0.2, 0) is 16.1 Å². The Hall–Kier alpha value is -1.39. The Balaban J connectivity index is 2.73. The van der Waals surface area contributed by atoms with Gasteiger partial charge in [-0.25, -0.2) is 0 Å². The number of methoxy groups -OCH3 is 1. The van der Waals surface area contributed by atoms with Gasteiger partial charge in [-0.05, 0) is 24.1 Å². The second kappa shape index (κ2) is 7.84. The lowest BCUT2D eigenvalue weighted by Gasteiger charge is -2.17. The summed E-state index contributed by atoms with van der Waals surface area (Å²) in [6.45, 7) is 3.45. The maximum atomic E-state index is 10.9. The molecule has 1 atom stereocenters. The molecule has 0 fully saturated rings. The molecule has 100 valence electrons. The van der Waals surface area contributed by atoms with E-state index in [4.69, 9.17) is 9.84 Å². The fraction of sp³-hybridized carbons (Fsp3) is 0.500. The predicted octanol–water partition coefficient (Wildman–Crippen LogP) is 2.35. The molecule has 0 aliphatic rings. The lowest BCUT2D eigenvalue weighted by molar-refractivity contribution is -0.137. The van der Waals surface area contributed by atoms with Gasteiger partial charge in [0.25, 0.3) is 0 Å². The number of carboxylic acids is 1. The first-order valence-corrected chi connectivity index (χ1v) is 6.20. The normalized spacial score (nSPS) is 12.3. The molecule has 1 unspecified atom stereocenters. The van der Waals surface area contributed by atoms with Crippen LogP contribution in [0, 0.1) is 0 Å². The Bertz CT molecular complexity index is 362. The van der Waals surface area contributed by atoms with Crippen LogP contribution in [0.25, 0.3) is 0 Å². The molecule has 0 spiro atoms. The number of rotatable bonds is 8. The first-order chi connectivity index (χ1) is 8.67. The first-order valence-electron chi connectivity index (χ1n) is 6.20. The smallest absolute Gasteiger partial charge is 0.305 e. The summed E-state index contributed by atoms with van der Waals surface area (Å²) in [6, 6.07) is 7.75. The summed E-state index contributed by atoms with van der Waals surface area (Å²) in [4.78, 5) is 10.9. The van der Waals surface area contributed by atoms with Gasteiger partial charge in [0.2, 0.25) is 0 Å². The van der Waals surface area contributed by atoms with E-state index in [0.29, 0.717) is 6.61 Å². The van der Waals surface area contributed by atoms with Crippen molar-refractivity contribution in [2.24, 2.45) is 0 Å². The standard InChI is InChI=1S/C14H21NO3/c1-3-8-15-13(9-14(16)17)12-6-4-11(5-7-12)10-18-2/h4-7,13,15H,3,8-10H2,1-2H3,(H,16,17). The molecule has 4 nitrogen and oxygen atoms in total. The third-order valence-electron chi connectivity index (χ3n) is 2.71. The van der Waals surface area contributed by atoms with Crippen LogP contribution in [0.2, 0.25) is 0 Å². The quantitative estimate of drug-likeness (QED) is 0.744. The summed E-state index contributed by atoms with van der Waals surface area (Å²) in [5.41, 5.74) is 2.09. The molecule has 2 N–H and O–H groups in total. The Morgan fingerprint density at radius 3 is 2.56 bits per heavy atom. The molecule has 4 heteroatoms. The fourth-order valence-electron chi connectivity index (χ4n) is 1.81. The summed E-state index contributed by atoms with van der Waals surface area (Å²) in [6.07, 6.45) is 1.08. The van der Waals surface area contributed by atoms with Gasteiger partial charge in [-0.1, -0.05) is 31.2 Å². The van der Waals surface area contributed by atoms with Gasteiger partial charge in [-0.3, -0.25) is 4.79 Å². The van der Waals surface area contributed by atoms with Crippen molar-refractivity contribution < 1.29 is 14.6 Å². The number of hydrogen-bond donors (Lipinski definition) is 2. The molecule has 18 heavy (non-hydrogen) atoms. The highest BCUT2D eigenvalue weighted by atomic mass is 16.5. The summed E-state index contributed by atoms with van der Waals surface area (Å²) in [7, 11) is 1.66. The SMILES string of the molecule is CCCNC(CC(=O)O)c1ccc(COC)cc1.